The average molecular weight is 374 g/mol. The summed E-state index contributed by atoms with van der Waals surface area (Å²) in [5.74, 6) is -0.235. The van der Waals surface area contributed by atoms with Crippen LogP contribution in [0, 0.1) is 0 Å². The second kappa shape index (κ2) is 7.21. The molecule has 1 heterocycles. The standard InChI is InChI=1S/C14H19IN2O2/c1-2-19-14(18)13-5-3-4-12(10-13)11-16-6-8-17(15)9-7-16/h3-5,10H,2,6-9,11H2,1H3. The average Bonchev–Trinajstić information content (AvgIpc) is 2.42. The lowest BCUT2D eigenvalue weighted by Gasteiger charge is -2.31. The number of esters is 1. The second-order valence-corrected chi connectivity index (χ2v) is 5.97. The van der Waals surface area contributed by atoms with Gasteiger partial charge in [-0.3, -0.25) is 4.90 Å². The molecule has 0 N–H and O–H groups in total. The number of benzene rings is 1. The Balaban J connectivity index is 1.97. The van der Waals surface area contributed by atoms with Crippen molar-refractivity contribution in [2.24, 2.45) is 0 Å². The van der Waals surface area contributed by atoms with Crippen LogP contribution in [0.15, 0.2) is 24.3 Å². The monoisotopic (exact) mass is 374 g/mol. The molecular formula is C14H19IN2O2. The molecule has 104 valence electrons. The molecule has 5 heteroatoms. The first-order chi connectivity index (χ1) is 9.19. The van der Waals surface area contributed by atoms with E-state index in [4.69, 9.17) is 4.74 Å². The van der Waals surface area contributed by atoms with Crippen molar-refractivity contribution < 1.29 is 9.53 Å². The highest BCUT2D eigenvalue weighted by molar-refractivity contribution is 14.1. The molecule has 1 aliphatic heterocycles. The van der Waals surface area contributed by atoms with E-state index in [0.29, 0.717) is 12.2 Å². The topological polar surface area (TPSA) is 32.8 Å². The van der Waals surface area contributed by atoms with Crippen LogP contribution in [-0.4, -0.2) is 46.8 Å². The quantitative estimate of drug-likeness (QED) is 0.460. The van der Waals surface area contributed by atoms with Gasteiger partial charge in [0.1, 0.15) is 0 Å². The molecule has 0 atom stereocenters. The van der Waals surface area contributed by atoms with Crippen LogP contribution < -0.4 is 0 Å². The van der Waals surface area contributed by atoms with Crippen molar-refractivity contribution in [1.29, 1.82) is 0 Å². The molecule has 1 aromatic rings. The van der Waals surface area contributed by atoms with Crippen molar-refractivity contribution in [3.05, 3.63) is 35.4 Å². The summed E-state index contributed by atoms with van der Waals surface area (Å²) in [6.07, 6.45) is 0. The Morgan fingerprint density at radius 1 is 1.32 bits per heavy atom. The lowest BCUT2D eigenvalue weighted by atomic mass is 10.1. The number of nitrogens with zero attached hydrogens (tertiary/aromatic N) is 2. The van der Waals surface area contributed by atoms with Gasteiger partial charge in [0, 0.05) is 55.6 Å². The molecule has 0 saturated carbocycles. The molecule has 4 nitrogen and oxygen atoms in total. The van der Waals surface area contributed by atoms with E-state index >= 15 is 0 Å². The number of hydrogen-bond acceptors (Lipinski definition) is 4. The van der Waals surface area contributed by atoms with E-state index in [-0.39, 0.29) is 5.97 Å². The minimum atomic E-state index is -0.235. The number of halogens is 1. The summed E-state index contributed by atoms with van der Waals surface area (Å²) in [6.45, 7) is 7.49. The predicted octanol–water partition coefficient (Wildman–Crippen LogP) is 2.33. The third-order valence-corrected chi connectivity index (χ3v) is 4.13. The molecule has 1 saturated heterocycles. The summed E-state index contributed by atoms with van der Waals surface area (Å²) in [5, 5.41) is 0. The highest BCUT2D eigenvalue weighted by Gasteiger charge is 2.15. The summed E-state index contributed by atoms with van der Waals surface area (Å²) in [4.78, 5) is 14.1. The van der Waals surface area contributed by atoms with Gasteiger partial charge in [0.25, 0.3) is 0 Å². The van der Waals surface area contributed by atoms with Gasteiger partial charge in [-0.2, -0.15) is 0 Å². The number of carbonyl (C=O) groups is 1. The van der Waals surface area contributed by atoms with Gasteiger partial charge in [-0.15, -0.1) is 0 Å². The number of ether oxygens (including phenoxy) is 1. The third kappa shape index (κ3) is 4.43. The molecule has 1 aliphatic rings. The van der Waals surface area contributed by atoms with Crippen LogP contribution in [0.4, 0.5) is 0 Å². The lowest BCUT2D eigenvalue weighted by Crippen LogP contribution is -2.41. The van der Waals surface area contributed by atoms with Crippen molar-refractivity contribution in [3.63, 3.8) is 0 Å². The SMILES string of the molecule is CCOC(=O)c1cccc(CN2CCN(I)CC2)c1. The van der Waals surface area contributed by atoms with E-state index in [9.17, 15) is 4.79 Å². The van der Waals surface area contributed by atoms with E-state index in [1.165, 1.54) is 5.56 Å². The van der Waals surface area contributed by atoms with E-state index in [1.807, 2.05) is 25.1 Å². The van der Waals surface area contributed by atoms with Crippen molar-refractivity contribution in [1.82, 2.24) is 8.01 Å². The van der Waals surface area contributed by atoms with Crippen LogP contribution in [0.5, 0.6) is 0 Å². The number of piperazine rings is 1. The van der Waals surface area contributed by atoms with Crippen molar-refractivity contribution in [3.8, 4) is 0 Å². The summed E-state index contributed by atoms with van der Waals surface area (Å²) >= 11 is 2.37. The largest absolute Gasteiger partial charge is 0.462 e. The summed E-state index contributed by atoms with van der Waals surface area (Å²) in [7, 11) is 0. The van der Waals surface area contributed by atoms with Gasteiger partial charge in [0.05, 0.1) is 12.2 Å². The Kier molecular flexibility index (Phi) is 5.59. The molecule has 0 amide bonds. The lowest BCUT2D eigenvalue weighted by molar-refractivity contribution is 0.0526. The minimum Gasteiger partial charge on any atom is -0.462 e. The molecule has 1 fully saturated rings. The molecule has 0 aromatic heterocycles. The highest BCUT2D eigenvalue weighted by atomic mass is 127. The van der Waals surface area contributed by atoms with Crippen LogP contribution in [0.1, 0.15) is 22.8 Å². The first kappa shape index (κ1) is 14.7. The molecule has 2 rings (SSSR count). The van der Waals surface area contributed by atoms with Crippen LogP contribution in [-0.2, 0) is 11.3 Å². The van der Waals surface area contributed by atoms with Crippen molar-refractivity contribution >= 4 is 28.8 Å². The predicted molar refractivity (Wildman–Crippen MR) is 83.3 cm³/mol. The number of rotatable bonds is 4. The molecule has 0 spiro atoms. The fourth-order valence-corrected chi connectivity index (χ4v) is 2.58. The van der Waals surface area contributed by atoms with Gasteiger partial charge >= 0.3 is 5.97 Å². The first-order valence-corrected chi connectivity index (χ1v) is 7.54. The summed E-state index contributed by atoms with van der Waals surface area (Å²) < 4.78 is 7.34. The number of carbonyl (C=O) groups excluding carboxylic acids is 1. The maximum Gasteiger partial charge on any atom is 0.338 e. The van der Waals surface area contributed by atoms with Crippen molar-refractivity contribution in [2.75, 3.05) is 32.8 Å². The van der Waals surface area contributed by atoms with Gasteiger partial charge in [0.2, 0.25) is 0 Å². The molecular weight excluding hydrogens is 355 g/mol. The Morgan fingerprint density at radius 3 is 2.74 bits per heavy atom. The molecule has 0 radical (unpaired) electrons. The molecule has 0 unspecified atom stereocenters. The Labute approximate surface area is 128 Å². The Hall–Kier alpha value is -0.660. The smallest absolute Gasteiger partial charge is 0.338 e. The van der Waals surface area contributed by atoms with Crippen molar-refractivity contribution in [2.45, 2.75) is 13.5 Å². The maximum absolute atomic E-state index is 11.7. The highest BCUT2D eigenvalue weighted by Crippen LogP contribution is 2.13. The minimum absolute atomic E-state index is 0.235. The fourth-order valence-electron chi connectivity index (χ4n) is 2.15. The van der Waals surface area contributed by atoms with E-state index < -0.39 is 0 Å². The second-order valence-electron chi connectivity index (χ2n) is 4.61. The van der Waals surface area contributed by atoms with E-state index in [2.05, 4.69) is 36.9 Å². The summed E-state index contributed by atoms with van der Waals surface area (Å²) in [5.41, 5.74) is 1.82. The third-order valence-electron chi connectivity index (χ3n) is 3.16. The zero-order valence-electron chi connectivity index (χ0n) is 11.1. The Morgan fingerprint density at radius 2 is 2.05 bits per heavy atom. The van der Waals surface area contributed by atoms with Gasteiger partial charge in [-0.25, -0.2) is 7.91 Å². The fraction of sp³-hybridized carbons (Fsp3) is 0.500. The van der Waals surface area contributed by atoms with Gasteiger partial charge in [-0.1, -0.05) is 12.1 Å². The zero-order valence-corrected chi connectivity index (χ0v) is 13.3. The first-order valence-electron chi connectivity index (χ1n) is 6.58. The molecule has 0 bridgehead atoms. The van der Waals surface area contributed by atoms with Gasteiger partial charge in [0.15, 0.2) is 0 Å². The maximum atomic E-state index is 11.7. The van der Waals surface area contributed by atoms with Crippen LogP contribution in [0.3, 0.4) is 0 Å². The van der Waals surface area contributed by atoms with E-state index in [0.717, 1.165) is 32.7 Å². The molecule has 0 aliphatic carbocycles. The van der Waals surface area contributed by atoms with Gasteiger partial charge in [-0.05, 0) is 24.6 Å². The number of hydrogen-bond donors (Lipinski definition) is 0. The van der Waals surface area contributed by atoms with Crippen LogP contribution >= 0.6 is 22.9 Å². The molecule has 1 aromatic carbocycles. The van der Waals surface area contributed by atoms with Crippen LogP contribution in [0.25, 0.3) is 0 Å². The van der Waals surface area contributed by atoms with E-state index in [1.54, 1.807) is 0 Å². The zero-order chi connectivity index (χ0) is 13.7. The Bertz CT molecular complexity index is 431. The van der Waals surface area contributed by atoms with Crippen LogP contribution in [0.2, 0.25) is 0 Å². The normalized spacial score (nSPS) is 17.4. The van der Waals surface area contributed by atoms with Gasteiger partial charge < -0.3 is 4.74 Å². The molecule has 19 heavy (non-hydrogen) atoms. The summed E-state index contributed by atoms with van der Waals surface area (Å²) in [6, 6.07) is 7.74.